The van der Waals surface area contributed by atoms with Gasteiger partial charge >= 0.3 is 0 Å². The van der Waals surface area contributed by atoms with Gasteiger partial charge in [0.05, 0.1) is 0 Å². The second-order valence-electron chi connectivity index (χ2n) is 7.75. The summed E-state index contributed by atoms with van der Waals surface area (Å²) in [6.07, 6.45) is 6.82. The van der Waals surface area contributed by atoms with Crippen molar-refractivity contribution in [3.63, 3.8) is 0 Å². The minimum atomic E-state index is 0.774. The molecule has 2 unspecified atom stereocenters. The van der Waals surface area contributed by atoms with Gasteiger partial charge in [0.2, 0.25) is 0 Å². The number of allylic oxidation sites excluding steroid dienone is 2. The van der Waals surface area contributed by atoms with Gasteiger partial charge in [0.1, 0.15) is 0 Å². The molecule has 2 aliphatic carbocycles. The van der Waals surface area contributed by atoms with E-state index in [-0.39, 0.29) is 0 Å². The normalized spacial score (nSPS) is 26.7. The number of hydrogen-bond donors (Lipinski definition) is 0. The van der Waals surface area contributed by atoms with Gasteiger partial charge in [-0.25, -0.2) is 5.01 Å². The van der Waals surface area contributed by atoms with Crippen LogP contribution in [0.3, 0.4) is 0 Å². The van der Waals surface area contributed by atoms with E-state index in [1.165, 1.54) is 61.5 Å². The van der Waals surface area contributed by atoms with Crippen LogP contribution in [-0.2, 0) is 0 Å². The van der Waals surface area contributed by atoms with Crippen molar-refractivity contribution in [3.05, 3.63) is 53.7 Å². The third-order valence-electron chi connectivity index (χ3n) is 6.42. The van der Waals surface area contributed by atoms with Crippen molar-refractivity contribution < 1.29 is 0 Å². The number of benzene rings is 2. The molecular weight excluding hydrogens is 292 g/mol. The highest BCUT2D eigenvalue weighted by Gasteiger charge is 2.42. The topological polar surface area (TPSA) is 6.48 Å². The van der Waals surface area contributed by atoms with Crippen molar-refractivity contribution in [1.29, 1.82) is 0 Å². The molecule has 0 N–H and O–H groups in total. The molecular formula is C22H26N2. The molecule has 1 saturated carbocycles. The van der Waals surface area contributed by atoms with Crippen LogP contribution in [0, 0.1) is 11.8 Å². The Balaban J connectivity index is 1.61. The Hall–Kier alpha value is -1.80. The molecule has 2 fully saturated rings. The first-order chi connectivity index (χ1) is 11.8. The smallest absolute Gasteiger partial charge is 0.0364 e. The molecule has 124 valence electrons. The SMILES string of the molecule is CN(C1=C(c2ccc3ccccc3c2)C2CCC1C2)N1CCCC1. The molecule has 1 aliphatic heterocycles. The summed E-state index contributed by atoms with van der Waals surface area (Å²) in [6, 6.07) is 15.8. The van der Waals surface area contributed by atoms with Crippen molar-refractivity contribution in [1.82, 2.24) is 10.0 Å². The average molecular weight is 318 g/mol. The van der Waals surface area contributed by atoms with E-state index in [0.29, 0.717) is 0 Å². The van der Waals surface area contributed by atoms with Gasteiger partial charge in [-0.05, 0) is 66.0 Å². The first-order valence-corrected chi connectivity index (χ1v) is 9.53. The first kappa shape index (κ1) is 14.5. The van der Waals surface area contributed by atoms with Crippen LogP contribution >= 0.6 is 0 Å². The highest BCUT2D eigenvalue weighted by molar-refractivity contribution is 5.87. The molecule has 2 nitrogen and oxygen atoms in total. The standard InChI is InChI=1S/C22H26N2/c1-23(24-12-4-5-13-24)22-20-11-10-19(15-20)21(22)18-9-8-16-6-2-3-7-17(16)14-18/h2-3,6-9,14,19-20H,4-5,10-13,15H2,1H3. The molecule has 24 heavy (non-hydrogen) atoms. The molecule has 1 saturated heterocycles. The number of fused-ring (bicyclic) bond motifs is 3. The molecule has 2 aromatic rings. The number of nitrogens with zero attached hydrogens (tertiary/aromatic N) is 2. The maximum Gasteiger partial charge on any atom is 0.0364 e. The molecule has 3 aliphatic rings. The largest absolute Gasteiger partial charge is 0.312 e. The summed E-state index contributed by atoms with van der Waals surface area (Å²) in [4.78, 5) is 0. The van der Waals surface area contributed by atoms with E-state index in [1.54, 1.807) is 11.3 Å². The van der Waals surface area contributed by atoms with E-state index in [1.807, 2.05) is 0 Å². The van der Waals surface area contributed by atoms with E-state index in [4.69, 9.17) is 0 Å². The summed E-state index contributed by atoms with van der Waals surface area (Å²) >= 11 is 0. The quantitative estimate of drug-likeness (QED) is 0.792. The Bertz CT molecular complexity index is 800. The fourth-order valence-corrected chi connectivity index (χ4v) is 5.25. The summed E-state index contributed by atoms with van der Waals surface area (Å²) in [5.74, 6) is 1.55. The number of hydrazine groups is 1. The lowest BCUT2D eigenvalue weighted by atomic mass is 9.89. The molecule has 2 atom stereocenters. The van der Waals surface area contributed by atoms with Gasteiger partial charge in [-0.1, -0.05) is 36.4 Å². The molecule has 5 rings (SSSR count). The molecule has 0 radical (unpaired) electrons. The Kier molecular flexibility index (Phi) is 3.41. The summed E-state index contributed by atoms with van der Waals surface area (Å²) in [6.45, 7) is 2.45. The average Bonchev–Trinajstić information content (AvgIpc) is 3.36. The second-order valence-corrected chi connectivity index (χ2v) is 7.75. The molecule has 2 bridgehead atoms. The van der Waals surface area contributed by atoms with Crippen LogP contribution in [0.4, 0.5) is 0 Å². The molecule has 0 aromatic heterocycles. The monoisotopic (exact) mass is 318 g/mol. The van der Waals surface area contributed by atoms with Gasteiger partial charge in [0.25, 0.3) is 0 Å². The van der Waals surface area contributed by atoms with Crippen LogP contribution in [0.15, 0.2) is 48.2 Å². The third kappa shape index (κ3) is 2.20. The van der Waals surface area contributed by atoms with Crippen molar-refractivity contribution in [2.24, 2.45) is 11.8 Å². The van der Waals surface area contributed by atoms with E-state index in [9.17, 15) is 0 Å². The highest BCUT2D eigenvalue weighted by Crippen LogP contribution is 2.53. The van der Waals surface area contributed by atoms with Crippen molar-refractivity contribution in [2.45, 2.75) is 32.1 Å². The van der Waals surface area contributed by atoms with Crippen LogP contribution in [0.1, 0.15) is 37.7 Å². The van der Waals surface area contributed by atoms with Gasteiger partial charge in [-0.15, -0.1) is 0 Å². The zero-order chi connectivity index (χ0) is 16.1. The van der Waals surface area contributed by atoms with E-state index >= 15 is 0 Å². The maximum absolute atomic E-state index is 2.57. The fraction of sp³-hybridized carbons (Fsp3) is 0.455. The van der Waals surface area contributed by atoms with Crippen molar-refractivity contribution in [3.8, 4) is 0 Å². The Morgan fingerprint density at radius 1 is 0.917 bits per heavy atom. The van der Waals surface area contributed by atoms with E-state index < -0.39 is 0 Å². The number of rotatable bonds is 3. The van der Waals surface area contributed by atoms with Gasteiger partial charge in [-0.2, -0.15) is 0 Å². The molecule has 0 spiro atoms. The van der Waals surface area contributed by atoms with Crippen LogP contribution in [0.2, 0.25) is 0 Å². The Labute approximate surface area is 144 Å². The zero-order valence-electron chi connectivity index (χ0n) is 14.5. The van der Waals surface area contributed by atoms with Crippen molar-refractivity contribution in [2.75, 3.05) is 20.1 Å². The van der Waals surface area contributed by atoms with Crippen LogP contribution in [0.25, 0.3) is 16.3 Å². The summed E-state index contributed by atoms with van der Waals surface area (Å²) in [7, 11) is 2.31. The molecule has 2 heteroatoms. The predicted molar refractivity (Wildman–Crippen MR) is 100 cm³/mol. The lowest BCUT2D eigenvalue weighted by molar-refractivity contribution is 0.0518. The van der Waals surface area contributed by atoms with Gasteiger partial charge < -0.3 is 5.01 Å². The van der Waals surface area contributed by atoms with E-state index in [0.717, 1.165) is 11.8 Å². The first-order valence-electron chi connectivity index (χ1n) is 9.53. The van der Waals surface area contributed by atoms with Gasteiger partial charge in [-0.3, -0.25) is 0 Å². The Morgan fingerprint density at radius 3 is 2.50 bits per heavy atom. The fourth-order valence-electron chi connectivity index (χ4n) is 5.25. The number of hydrogen-bond acceptors (Lipinski definition) is 2. The van der Waals surface area contributed by atoms with Crippen LogP contribution in [-0.4, -0.2) is 30.2 Å². The summed E-state index contributed by atoms with van der Waals surface area (Å²) in [5, 5.41) is 7.81. The summed E-state index contributed by atoms with van der Waals surface area (Å²) in [5.41, 5.74) is 4.73. The van der Waals surface area contributed by atoms with E-state index in [2.05, 4.69) is 59.5 Å². The maximum atomic E-state index is 2.57. The minimum absolute atomic E-state index is 0.774. The molecule has 1 heterocycles. The van der Waals surface area contributed by atoms with Crippen LogP contribution < -0.4 is 0 Å². The summed E-state index contributed by atoms with van der Waals surface area (Å²) < 4.78 is 0. The lowest BCUT2D eigenvalue weighted by Crippen LogP contribution is -2.38. The Morgan fingerprint density at radius 2 is 1.67 bits per heavy atom. The second kappa shape index (κ2) is 5.63. The lowest BCUT2D eigenvalue weighted by Gasteiger charge is -2.36. The van der Waals surface area contributed by atoms with Gasteiger partial charge in [0, 0.05) is 31.8 Å². The molecule has 2 aromatic carbocycles. The van der Waals surface area contributed by atoms with Gasteiger partial charge in [0.15, 0.2) is 0 Å². The predicted octanol–water partition coefficient (Wildman–Crippen LogP) is 4.92. The minimum Gasteiger partial charge on any atom is -0.312 e. The third-order valence-corrected chi connectivity index (χ3v) is 6.42. The van der Waals surface area contributed by atoms with Crippen molar-refractivity contribution >= 4 is 16.3 Å². The highest BCUT2D eigenvalue weighted by atomic mass is 15.6. The van der Waals surface area contributed by atoms with Crippen LogP contribution in [0.5, 0.6) is 0 Å². The zero-order valence-corrected chi connectivity index (χ0v) is 14.5. The molecule has 0 amide bonds.